The fourth-order valence-corrected chi connectivity index (χ4v) is 1.86. The third-order valence-electron chi connectivity index (χ3n) is 1.86. The molecule has 2 heteroatoms. The molecule has 0 bridgehead atoms. The summed E-state index contributed by atoms with van der Waals surface area (Å²) in [5.74, 6) is 0. The van der Waals surface area contributed by atoms with Crippen molar-refractivity contribution in [2.24, 2.45) is 0 Å². The zero-order valence-electron chi connectivity index (χ0n) is 6.19. The highest BCUT2D eigenvalue weighted by molar-refractivity contribution is 14.1. The van der Waals surface area contributed by atoms with Crippen LogP contribution in [-0.2, 0) is 0 Å². The molecule has 1 N–H and O–H groups in total. The average molecular weight is 257 g/mol. The molecule has 0 aliphatic heterocycles. The van der Waals surface area contributed by atoms with Gasteiger partial charge in [-0.25, -0.2) is 0 Å². The van der Waals surface area contributed by atoms with E-state index in [0.717, 1.165) is 0 Å². The van der Waals surface area contributed by atoms with Crippen molar-refractivity contribution in [2.45, 2.75) is 6.92 Å². The number of benzene rings is 1. The van der Waals surface area contributed by atoms with Crippen LogP contribution in [0.3, 0.4) is 0 Å². The van der Waals surface area contributed by atoms with Crippen molar-refractivity contribution in [1.29, 1.82) is 0 Å². The molecule has 0 aliphatic carbocycles. The summed E-state index contributed by atoms with van der Waals surface area (Å²) in [6.45, 7) is 2.13. The number of aryl methyl sites for hydroxylation is 1. The second kappa shape index (κ2) is 2.52. The van der Waals surface area contributed by atoms with Crippen LogP contribution < -0.4 is 0 Å². The highest BCUT2D eigenvalue weighted by Gasteiger charge is 2.00. The first-order chi connectivity index (χ1) is 5.29. The topological polar surface area (TPSA) is 15.8 Å². The molecule has 0 aliphatic rings. The van der Waals surface area contributed by atoms with E-state index in [1.807, 2.05) is 6.20 Å². The predicted molar refractivity (Wildman–Crippen MR) is 55.8 cm³/mol. The van der Waals surface area contributed by atoms with Crippen LogP contribution in [-0.4, -0.2) is 4.98 Å². The van der Waals surface area contributed by atoms with E-state index < -0.39 is 0 Å². The van der Waals surface area contributed by atoms with Gasteiger partial charge in [-0.05, 0) is 47.2 Å². The van der Waals surface area contributed by atoms with E-state index in [2.05, 4.69) is 52.7 Å². The van der Waals surface area contributed by atoms with Crippen molar-refractivity contribution >= 4 is 33.5 Å². The van der Waals surface area contributed by atoms with Gasteiger partial charge < -0.3 is 4.98 Å². The third kappa shape index (κ3) is 1.05. The number of rotatable bonds is 0. The molecule has 0 radical (unpaired) electrons. The number of halogens is 1. The van der Waals surface area contributed by atoms with Crippen LogP contribution in [0.5, 0.6) is 0 Å². The first kappa shape index (κ1) is 7.16. The molecule has 0 atom stereocenters. The van der Waals surface area contributed by atoms with E-state index in [-0.39, 0.29) is 0 Å². The number of aromatic amines is 1. The normalized spacial score (nSPS) is 10.7. The number of H-pyrrole nitrogens is 1. The molecular weight excluding hydrogens is 249 g/mol. The molecule has 0 fully saturated rings. The van der Waals surface area contributed by atoms with Crippen molar-refractivity contribution in [3.63, 3.8) is 0 Å². The maximum atomic E-state index is 3.18. The van der Waals surface area contributed by atoms with Gasteiger partial charge in [-0.1, -0.05) is 6.07 Å². The number of hydrogen-bond acceptors (Lipinski definition) is 0. The van der Waals surface area contributed by atoms with Crippen molar-refractivity contribution in [2.75, 3.05) is 0 Å². The molecule has 1 nitrogen and oxygen atoms in total. The van der Waals surface area contributed by atoms with Gasteiger partial charge >= 0.3 is 0 Å². The fraction of sp³-hybridized carbons (Fsp3) is 0.111. The third-order valence-corrected chi connectivity index (χ3v) is 3.29. The molecule has 0 saturated heterocycles. The summed E-state index contributed by atoms with van der Waals surface area (Å²) in [6.07, 6.45) is 1.98. The van der Waals surface area contributed by atoms with Gasteiger partial charge in [0.2, 0.25) is 0 Å². The predicted octanol–water partition coefficient (Wildman–Crippen LogP) is 3.08. The molecule has 11 heavy (non-hydrogen) atoms. The molecule has 1 aromatic heterocycles. The van der Waals surface area contributed by atoms with Gasteiger partial charge in [0, 0.05) is 20.7 Å². The maximum absolute atomic E-state index is 3.18. The van der Waals surface area contributed by atoms with E-state index in [9.17, 15) is 0 Å². The number of aromatic nitrogens is 1. The molecule has 0 saturated carbocycles. The Bertz CT molecular complexity index is 389. The zero-order valence-corrected chi connectivity index (χ0v) is 8.34. The summed E-state index contributed by atoms with van der Waals surface area (Å²) in [5, 5.41) is 1.32. The summed E-state index contributed by atoms with van der Waals surface area (Å²) >= 11 is 2.38. The van der Waals surface area contributed by atoms with Gasteiger partial charge in [-0.15, -0.1) is 0 Å². The molecule has 0 amide bonds. The molecule has 1 heterocycles. The van der Waals surface area contributed by atoms with Gasteiger partial charge in [-0.2, -0.15) is 0 Å². The van der Waals surface area contributed by atoms with Gasteiger partial charge in [0.25, 0.3) is 0 Å². The Morgan fingerprint density at radius 2 is 2.09 bits per heavy atom. The monoisotopic (exact) mass is 257 g/mol. The Labute approximate surface area is 78.9 Å². The molecule has 0 unspecified atom stereocenters. The average Bonchev–Trinajstić information content (AvgIpc) is 2.45. The van der Waals surface area contributed by atoms with Crippen molar-refractivity contribution in [3.05, 3.63) is 33.5 Å². The minimum Gasteiger partial charge on any atom is -0.361 e. The van der Waals surface area contributed by atoms with Crippen LogP contribution >= 0.6 is 22.6 Å². The quantitative estimate of drug-likeness (QED) is 0.698. The van der Waals surface area contributed by atoms with Gasteiger partial charge in [0.15, 0.2) is 0 Å². The lowest BCUT2D eigenvalue weighted by Gasteiger charge is -1.97. The first-order valence-corrected chi connectivity index (χ1v) is 4.59. The van der Waals surface area contributed by atoms with E-state index in [0.29, 0.717) is 0 Å². The molecule has 2 rings (SSSR count). The summed E-state index contributed by atoms with van der Waals surface area (Å²) in [7, 11) is 0. The fourth-order valence-electron chi connectivity index (χ4n) is 1.21. The first-order valence-electron chi connectivity index (χ1n) is 3.51. The van der Waals surface area contributed by atoms with Gasteiger partial charge in [0.1, 0.15) is 0 Å². The largest absolute Gasteiger partial charge is 0.361 e. The molecular formula is C9H8IN. The SMILES string of the molecule is Cc1ccc2[nH]ccc2c1I. The van der Waals surface area contributed by atoms with E-state index in [1.165, 1.54) is 20.0 Å². The standard InChI is InChI=1S/C9H8IN/c1-6-2-3-8-7(9(6)10)4-5-11-8/h2-5,11H,1H3. The Kier molecular flexibility index (Phi) is 1.64. The Morgan fingerprint density at radius 3 is 2.91 bits per heavy atom. The molecule has 2 aromatic rings. The number of hydrogen-bond donors (Lipinski definition) is 1. The van der Waals surface area contributed by atoms with Crippen LogP contribution in [0, 0.1) is 10.5 Å². The maximum Gasteiger partial charge on any atom is 0.0464 e. The Hall–Kier alpha value is -0.510. The minimum atomic E-state index is 1.22. The minimum absolute atomic E-state index is 1.22. The lowest BCUT2D eigenvalue weighted by atomic mass is 10.2. The summed E-state index contributed by atoms with van der Waals surface area (Å²) in [6, 6.07) is 6.37. The van der Waals surface area contributed by atoms with Crippen molar-refractivity contribution in [3.8, 4) is 0 Å². The lowest BCUT2D eigenvalue weighted by Crippen LogP contribution is -1.79. The molecule has 56 valence electrons. The van der Waals surface area contributed by atoms with E-state index in [4.69, 9.17) is 0 Å². The van der Waals surface area contributed by atoms with Crippen molar-refractivity contribution < 1.29 is 0 Å². The number of nitrogens with one attached hydrogen (secondary N) is 1. The molecule has 1 aromatic carbocycles. The van der Waals surface area contributed by atoms with Crippen LogP contribution in [0.4, 0.5) is 0 Å². The summed E-state index contributed by atoms with van der Waals surface area (Å²) < 4.78 is 1.35. The van der Waals surface area contributed by atoms with Crippen LogP contribution in [0.15, 0.2) is 24.4 Å². The van der Waals surface area contributed by atoms with E-state index in [1.54, 1.807) is 0 Å². The van der Waals surface area contributed by atoms with Gasteiger partial charge in [-0.3, -0.25) is 0 Å². The summed E-state index contributed by atoms with van der Waals surface area (Å²) in [4.78, 5) is 3.18. The Morgan fingerprint density at radius 1 is 1.27 bits per heavy atom. The second-order valence-corrected chi connectivity index (χ2v) is 3.71. The highest BCUT2D eigenvalue weighted by Crippen LogP contribution is 2.22. The van der Waals surface area contributed by atoms with Gasteiger partial charge in [0.05, 0.1) is 0 Å². The van der Waals surface area contributed by atoms with Crippen LogP contribution in [0.2, 0.25) is 0 Å². The second-order valence-electron chi connectivity index (χ2n) is 2.64. The zero-order chi connectivity index (χ0) is 7.84. The smallest absolute Gasteiger partial charge is 0.0464 e. The van der Waals surface area contributed by atoms with Crippen LogP contribution in [0.1, 0.15) is 5.56 Å². The van der Waals surface area contributed by atoms with Crippen molar-refractivity contribution in [1.82, 2.24) is 4.98 Å². The lowest BCUT2D eigenvalue weighted by molar-refractivity contribution is 1.44. The highest BCUT2D eigenvalue weighted by atomic mass is 127. The van der Waals surface area contributed by atoms with E-state index >= 15 is 0 Å². The number of fused-ring (bicyclic) bond motifs is 1. The summed E-state index contributed by atoms with van der Waals surface area (Å²) in [5.41, 5.74) is 2.57. The van der Waals surface area contributed by atoms with Crippen LogP contribution in [0.25, 0.3) is 10.9 Å². The molecule has 0 spiro atoms. The Balaban J connectivity index is 2.93.